The molecule has 0 saturated carbocycles. The fourth-order valence-electron chi connectivity index (χ4n) is 1.49. The highest BCUT2D eigenvalue weighted by atomic mass is 14.0. The van der Waals surface area contributed by atoms with Crippen LogP contribution in [-0.2, 0) is 0 Å². The number of rotatable bonds is 0. The Morgan fingerprint density at radius 3 is 2.67 bits per heavy atom. The minimum absolute atomic E-state index is 1.08. The number of hydrogen-bond acceptors (Lipinski definition) is 0. The zero-order valence-electron chi connectivity index (χ0n) is 7.89. The van der Waals surface area contributed by atoms with Gasteiger partial charge < -0.3 is 0 Å². The molecular weight excluding hydrogens is 144 g/mol. The Bertz CT molecular complexity index is 126. The van der Waals surface area contributed by atoms with Gasteiger partial charge in [0.2, 0.25) is 0 Å². The predicted octanol–water partition coefficient (Wildman–Crippen LogP) is 4.04. The second-order valence-corrected chi connectivity index (χ2v) is 3.42. The molecule has 0 aromatic carbocycles. The SMILES string of the molecule is [C]1=CCC=CCCCCCCC1. The molecule has 67 valence electrons. The summed E-state index contributed by atoms with van der Waals surface area (Å²) in [5.74, 6) is 0. The third kappa shape index (κ3) is 5.17. The molecule has 0 unspecified atom stereocenters. The molecule has 0 nitrogen and oxygen atoms in total. The van der Waals surface area contributed by atoms with Gasteiger partial charge in [-0.25, -0.2) is 0 Å². The van der Waals surface area contributed by atoms with Gasteiger partial charge in [-0.05, 0) is 38.2 Å². The van der Waals surface area contributed by atoms with Crippen molar-refractivity contribution in [2.75, 3.05) is 0 Å². The summed E-state index contributed by atoms with van der Waals surface area (Å²) in [6.45, 7) is 0. The van der Waals surface area contributed by atoms with E-state index in [1.54, 1.807) is 0 Å². The molecule has 0 N–H and O–H groups in total. The lowest BCUT2D eigenvalue weighted by atomic mass is 10.1. The zero-order chi connectivity index (χ0) is 8.49. The van der Waals surface area contributed by atoms with E-state index in [-0.39, 0.29) is 0 Å². The molecule has 0 spiro atoms. The van der Waals surface area contributed by atoms with Crippen LogP contribution in [0.15, 0.2) is 18.2 Å². The van der Waals surface area contributed by atoms with Crippen molar-refractivity contribution >= 4 is 0 Å². The summed E-state index contributed by atoms with van der Waals surface area (Å²) in [6.07, 6.45) is 20.5. The van der Waals surface area contributed by atoms with Crippen LogP contribution in [0.4, 0.5) is 0 Å². The summed E-state index contributed by atoms with van der Waals surface area (Å²) in [6, 6.07) is 0. The van der Waals surface area contributed by atoms with Crippen LogP contribution < -0.4 is 0 Å². The van der Waals surface area contributed by atoms with Crippen molar-refractivity contribution in [1.82, 2.24) is 0 Å². The van der Waals surface area contributed by atoms with Crippen molar-refractivity contribution in [2.45, 2.75) is 51.4 Å². The van der Waals surface area contributed by atoms with Gasteiger partial charge in [0.15, 0.2) is 0 Å². The van der Waals surface area contributed by atoms with Crippen molar-refractivity contribution in [3.8, 4) is 0 Å². The standard InChI is InChI=1S/C12H19/c1-2-4-6-8-10-12-11-9-7-5-3-1/h1-2,5H,3-4,6,8-12H2. The Balaban J connectivity index is 2.20. The second kappa shape index (κ2) is 7.15. The van der Waals surface area contributed by atoms with E-state index in [4.69, 9.17) is 0 Å². The molecule has 0 atom stereocenters. The molecule has 0 heteroatoms. The molecule has 0 aliphatic heterocycles. The Hall–Kier alpha value is -0.520. The molecule has 0 aromatic heterocycles. The van der Waals surface area contributed by atoms with Crippen molar-refractivity contribution in [2.24, 2.45) is 0 Å². The van der Waals surface area contributed by atoms with Crippen LogP contribution in [0.2, 0.25) is 0 Å². The maximum atomic E-state index is 3.33. The molecule has 12 heavy (non-hydrogen) atoms. The molecule has 0 saturated heterocycles. The number of hydrogen-bond donors (Lipinski definition) is 0. The highest BCUT2D eigenvalue weighted by molar-refractivity contribution is 4.89. The lowest BCUT2D eigenvalue weighted by molar-refractivity contribution is 0.618. The Morgan fingerprint density at radius 1 is 0.833 bits per heavy atom. The molecule has 1 rings (SSSR count). The van der Waals surface area contributed by atoms with Gasteiger partial charge in [-0.2, -0.15) is 0 Å². The molecular formula is C12H19. The quantitative estimate of drug-likeness (QED) is 0.473. The van der Waals surface area contributed by atoms with Crippen LogP contribution in [0.1, 0.15) is 51.4 Å². The average molecular weight is 163 g/mol. The molecule has 1 aliphatic carbocycles. The van der Waals surface area contributed by atoms with Gasteiger partial charge in [-0.3, -0.25) is 0 Å². The highest BCUT2D eigenvalue weighted by Gasteiger charge is 1.89. The third-order valence-corrected chi connectivity index (χ3v) is 2.26. The van der Waals surface area contributed by atoms with Gasteiger partial charge in [0.1, 0.15) is 0 Å². The maximum absolute atomic E-state index is 3.33. The first-order valence-electron chi connectivity index (χ1n) is 5.20. The topological polar surface area (TPSA) is 0 Å². The lowest BCUT2D eigenvalue weighted by Crippen LogP contribution is -1.79. The molecule has 0 fully saturated rings. The van der Waals surface area contributed by atoms with Crippen LogP contribution in [0.25, 0.3) is 0 Å². The van der Waals surface area contributed by atoms with Crippen molar-refractivity contribution < 1.29 is 0 Å². The van der Waals surface area contributed by atoms with E-state index in [2.05, 4.69) is 24.3 Å². The molecule has 0 bridgehead atoms. The van der Waals surface area contributed by atoms with Crippen LogP contribution in [0, 0.1) is 6.08 Å². The van der Waals surface area contributed by atoms with Gasteiger partial charge in [0, 0.05) is 0 Å². The summed E-state index contributed by atoms with van der Waals surface area (Å²) in [5, 5.41) is 0. The van der Waals surface area contributed by atoms with Crippen molar-refractivity contribution in [3.63, 3.8) is 0 Å². The Kier molecular flexibility index (Phi) is 5.70. The summed E-state index contributed by atoms with van der Waals surface area (Å²) in [4.78, 5) is 0. The van der Waals surface area contributed by atoms with Crippen molar-refractivity contribution in [3.05, 3.63) is 24.3 Å². The van der Waals surface area contributed by atoms with E-state index in [1.807, 2.05) is 0 Å². The summed E-state index contributed by atoms with van der Waals surface area (Å²) in [7, 11) is 0. The van der Waals surface area contributed by atoms with Crippen LogP contribution in [-0.4, -0.2) is 0 Å². The lowest BCUT2D eigenvalue weighted by Gasteiger charge is -1.98. The molecule has 1 aliphatic rings. The predicted molar refractivity (Wildman–Crippen MR) is 53.9 cm³/mol. The monoisotopic (exact) mass is 163 g/mol. The smallest absolute Gasteiger partial charge is 0.0163 e. The molecule has 0 amide bonds. The van der Waals surface area contributed by atoms with E-state index < -0.39 is 0 Å². The first-order valence-corrected chi connectivity index (χ1v) is 5.20. The van der Waals surface area contributed by atoms with Gasteiger partial charge in [0.25, 0.3) is 0 Å². The van der Waals surface area contributed by atoms with Gasteiger partial charge in [-0.1, -0.05) is 37.5 Å². The van der Waals surface area contributed by atoms with Crippen LogP contribution in [0.3, 0.4) is 0 Å². The van der Waals surface area contributed by atoms with Gasteiger partial charge >= 0.3 is 0 Å². The maximum Gasteiger partial charge on any atom is -0.0163 e. The summed E-state index contributed by atoms with van der Waals surface area (Å²) >= 11 is 0. The Labute approximate surface area is 76.4 Å². The van der Waals surface area contributed by atoms with Crippen LogP contribution >= 0.6 is 0 Å². The van der Waals surface area contributed by atoms with Crippen molar-refractivity contribution in [1.29, 1.82) is 0 Å². The van der Waals surface area contributed by atoms with E-state index in [0.717, 1.165) is 12.8 Å². The molecule has 0 aromatic rings. The van der Waals surface area contributed by atoms with E-state index in [0.29, 0.717) is 0 Å². The van der Waals surface area contributed by atoms with E-state index >= 15 is 0 Å². The van der Waals surface area contributed by atoms with Crippen LogP contribution in [0.5, 0.6) is 0 Å². The van der Waals surface area contributed by atoms with E-state index in [1.165, 1.54) is 38.5 Å². The summed E-state index contributed by atoms with van der Waals surface area (Å²) in [5.41, 5.74) is 0. The minimum Gasteiger partial charge on any atom is -0.0882 e. The largest absolute Gasteiger partial charge is 0.0882 e. The first kappa shape index (κ1) is 9.57. The summed E-state index contributed by atoms with van der Waals surface area (Å²) < 4.78 is 0. The van der Waals surface area contributed by atoms with Gasteiger partial charge in [-0.15, -0.1) is 0 Å². The normalized spacial score (nSPS) is 21.3. The highest BCUT2D eigenvalue weighted by Crippen LogP contribution is 2.09. The zero-order valence-corrected chi connectivity index (χ0v) is 7.89. The van der Waals surface area contributed by atoms with E-state index in [9.17, 15) is 0 Å². The second-order valence-electron chi connectivity index (χ2n) is 3.42. The average Bonchev–Trinajstić information content (AvgIpc) is 2.05. The molecule has 0 heterocycles. The fraction of sp³-hybridized carbons (Fsp3) is 0.667. The Morgan fingerprint density at radius 2 is 1.67 bits per heavy atom. The third-order valence-electron chi connectivity index (χ3n) is 2.26. The number of allylic oxidation sites excluding steroid dienone is 4. The first-order chi connectivity index (χ1) is 6.00. The fourth-order valence-corrected chi connectivity index (χ4v) is 1.49. The molecule has 1 radical (unpaired) electrons. The minimum atomic E-state index is 1.08. The van der Waals surface area contributed by atoms with Gasteiger partial charge in [0.05, 0.1) is 0 Å².